The molecule has 0 unspecified atom stereocenters. The molecular weight excluding hydrogens is 306 g/mol. The zero-order valence-corrected chi connectivity index (χ0v) is 12.8. The molecule has 2 aliphatic heterocycles. The number of hydrogen-bond acceptors (Lipinski definition) is 6. The average Bonchev–Trinajstić information content (AvgIpc) is 2.82. The van der Waals surface area contributed by atoms with Crippen molar-refractivity contribution in [3.63, 3.8) is 0 Å². The molecule has 0 aromatic rings. The highest BCUT2D eigenvalue weighted by molar-refractivity contribution is 6.04. The molecule has 2 rings (SSSR count). The van der Waals surface area contributed by atoms with Gasteiger partial charge in [0.2, 0.25) is 5.91 Å². The third-order valence-electron chi connectivity index (χ3n) is 3.85. The summed E-state index contributed by atoms with van der Waals surface area (Å²) in [6.07, 6.45) is 0.359. The van der Waals surface area contributed by atoms with Gasteiger partial charge >= 0.3 is 5.97 Å². The fraction of sp³-hybridized carbons (Fsp3) is 0.643. The Morgan fingerprint density at radius 1 is 1.22 bits per heavy atom. The summed E-state index contributed by atoms with van der Waals surface area (Å²) in [5.74, 6) is -2.88. The Morgan fingerprint density at radius 3 is 2.52 bits per heavy atom. The maximum atomic E-state index is 11.8. The molecule has 2 heterocycles. The highest BCUT2D eigenvalue weighted by Gasteiger charge is 2.33. The maximum absolute atomic E-state index is 11.8. The summed E-state index contributed by atoms with van der Waals surface area (Å²) in [4.78, 5) is 37.6. The summed E-state index contributed by atoms with van der Waals surface area (Å²) >= 11 is 0. The van der Waals surface area contributed by atoms with Gasteiger partial charge < -0.3 is 25.2 Å². The number of carbonyl (C=O) groups excluding carboxylic acids is 2. The smallest absolute Gasteiger partial charge is 0.337 e. The minimum absolute atomic E-state index is 0.126. The Labute approximate surface area is 133 Å². The molecule has 1 fully saturated rings. The molecule has 2 amide bonds. The van der Waals surface area contributed by atoms with Crippen molar-refractivity contribution in [3.05, 3.63) is 11.3 Å². The number of aliphatic carboxylic acids is 1. The van der Waals surface area contributed by atoms with Gasteiger partial charge in [0.05, 0.1) is 19.8 Å². The van der Waals surface area contributed by atoms with Crippen LogP contribution in [-0.4, -0.2) is 90.3 Å². The van der Waals surface area contributed by atoms with Gasteiger partial charge in [-0.1, -0.05) is 0 Å². The molecule has 0 atom stereocenters. The van der Waals surface area contributed by atoms with Gasteiger partial charge in [-0.25, -0.2) is 4.79 Å². The molecule has 0 aliphatic carbocycles. The van der Waals surface area contributed by atoms with Crippen molar-refractivity contribution in [2.24, 2.45) is 0 Å². The molecule has 0 spiro atoms. The first-order valence-electron chi connectivity index (χ1n) is 7.50. The molecule has 1 saturated heterocycles. The standard InChI is InChI=1S/C14H21N3O6/c18-11(1-3-16-5-7-23-8-6-16)15-2-4-17-9-10(14(21)22)12(19)13(17)20/h19H,1-9H2,(H,15,18)(H,21,22). The lowest BCUT2D eigenvalue weighted by molar-refractivity contribution is -0.133. The number of carbonyl (C=O) groups is 3. The van der Waals surface area contributed by atoms with Gasteiger partial charge in [0, 0.05) is 39.1 Å². The molecule has 2 aliphatic rings. The summed E-state index contributed by atoms with van der Waals surface area (Å²) < 4.78 is 5.23. The molecule has 0 saturated carbocycles. The third kappa shape index (κ3) is 4.67. The first-order valence-corrected chi connectivity index (χ1v) is 7.50. The number of amides is 2. The fourth-order valence-electron chi connectivity index (χ4n) is 2.47. The van der Waals surface area contributed by atoms with Crippen LogP contribution in [0, 0.1) is 0 Å². The number of rotatable bonds is 7. The largest absolute Gasteiger partial charge is 0.503 e. The third-order valence-corrected chi connectivity index (χ3v) is 3.85. The van der Waals surface area contributed by atoms with Crippen molar-refractivity contribution in [3.8, 4) is 0 Å². The van der Waals surface area contributed by atoms with Gasteiger partial charge in [-0.3, -0.25) is 14.5 Å². The molecule has 9 heteroatoms. The summed E-state index contributed by atoms with van der Waals surface area (Å²) in [5, 5.41) is 21.0. The molecule has 0 aromatic carbocycles. The normalized spacial score (nSPS) is 19.3. The highest BCUT2D eigenvalue weighted by atomic mass is 16.5. The predicted octanol–water partition coefficient (Wildman–Crippen LogP) is -1.44. The van der Waals surface area contributed by atoms with Gasteiger partial charge in [0.25, 0.3) is 5.91 Å². The van der Waals surface area contributed by atoms with E-state index in [1.807, 2.05) is 0 Å². The fourth-order valence-corrected chi connectivity index (χ4v) is 2.47. The van der Waals surface area contributed by atoms with Crippen LogP contribution in [0.5, 0.6) is 0 Å². The number of carboxylic acids is 1. The van der Waals surface area contributed by atoms with Crippen LogP contribution in [0.2, 0.25) is 0 Å². The SMILES string of the molecule is O=C(CCN1CCOCC1)NCCN1CC(C(=O)O)=C(O)C1=O. The second-order valence-electron chi connectivity index (χ2n) is 5.41. The molecular formula is C14H21N3O6. The van der Waals surface area contributed by atoms with Crippen LogP contribution >= 0.6 is 0 Å². The molecule has 23 heavy (non-hydrogen) atoms. The second-order valence-corrected chi connectivity index (χ2v) is 5.41. The van der Waals surface area contributed by atoms with E-state index in [1.54, 1.807) is 0 Å². The van der Waals surface area contributed by atoms with Crippen LogP contribution < -0.4 is 5.32 Å². The van der Waals surface area contributed by atoms with E-state index in [1.165, 1.54) is 4.90 Å². The zero-order chi connectivity index (χ0) is 16.8. The Kier molecular flexibility index (Phi) is 5.94. The quantitative estimate of drug-likeness (QED) is 0.524. The Balaban J connectivity index is 1.64. The van der Waals surface area contributed by atoms with Gasteiger partial charge in [0.1, 0.15) is 5.57 Å². The number of ether oxygens (including phenoxy) is 1. The lowest BCUT2D eigenvalue weighted by Gasteiger charge is -2.26. The van der Waals surface area contributed by atoms with E-state index in [0.717, 1.165) is 13.1 Å². The molecule has 3 N–H and O–H groups in total. The van der Waals surface area contributed by atoms with Crippen LogP contribution in [0.3, 0.4) is 0 Å². The van der Waals surface area contributed by atoms with E-state index in [9.17, 15) is 19.5 Å². The number of nitrogens with zero attached hydrogens (tertiary/aromatic N) is 2. The van der Waals surface area contributed by atoms with Crippen molar-refractivity contribution >= 4 is 17.8 Å². The number of morpholine rings is 1. The van der Waals surface area contributed by atoms with Crippen LogP contribution in [0.15, 0.2) is 11.3 Å². The van der Waals surface area contributed by atoms with E-state index in [4.69, 9.17) is 9.84 Å². The average molecular weight is 327 g/mol. The minimum Gasteiger partial charge on any atom is -0.503 e. The van der Waals surface area contributed by atoms with E-state index in [0.29, 0.717) is 26.2 Å². The second kappa shape index (κ2) is 7.93. The Bertz CT molecular complexity index is 513. The van der Waals surface area contributed by atoms with E-state index < -0.39 is 17.6 Å². The minimum atomic E-state index is -1.31. The number of aliphatic hydroxyl groups is 1. The zero-order valence-electron chi connectivity index (χ0n) is 12.8. The Hall–Kier alpha value is -2.13. The number of nitrogens with one attached hydrogen (secondary N) is 1. The number of aliphatic hydroxyl groups excluding tert-OH is 1. The summed E-state index contributed by atoms with van der Waals surface area (Å²) in [5.41, 5.74) is -0.311. The van der Waals surface area contributed by atoms with Crippen molar-refractivity contribution in [1.82, 2.24) is 15.1 Å². The maximum Gasteiger partial charge on any atom is 0.337 e. The van der Waals surface area contributed by atoms with Crippen molar-refractivity contribution < 1.29 is 29.3 Å². The molecule has 0 bridgehead atoms. The van der Waals surface area contributed by atoms with Crippen LogP contribution in [-0.2, 0) is 19.1 Å². The number of hydrogen-bond donors (Lipinski definition) is 3. The topological polar surface area (TPSA) is 119 Å². The van der Waals surface area contributed by atoms with E-state index in [2.05, 4.69) is 10.2 Å². The van der Waals surface area contributed by atoms with Gasteiger partial charge in [-0.2, -0.15) is 0 Å². The Morgan fingerprint density at radius 2 is 1.91 bits per heavy atom. The lowest BCUT2D eigenvalue weighted by atomic mass is 10.3. The van der Waals surface area contributed by atoms with Gasteiger partial charge in [-0.05, 0) is 0 Å². The van der Waals surface area contributed by atoms with Gasteiger partial charge in [0.15, 0.2) is 5.76 Å². The predicted molar refractivity (Wildman–Crippen MR) is 78.8 cm³/mol. The van der Waals surface area contributed by atoms with E-state index in [-0.39, 0.29) is 31.1 Å². The molecule has 128 valence electrons. The number of carboxylic acid groups (broad SMARTS) is 1. The summed E-state index contributed by atoms with van der Waals surface area (Å²) in [6, 6.07) is 0. The van der Waals surface area contributed by atoms with E-state index >= 15 is 0 Å². The molecule has 0 radical (unpaired) electrons. The van der Waals surface area contributed by atoms with Crippen LogP contribution in [0.25, 0.3) is 0 Å². The summed E-state index contributed by atoms with van der Waals surface area (Å²) in [6.45, 7) is 3.88. The first-order chi connectivity index (χ1) is 11.0. The lowest BCUT2D eigenvalue weighted by Crippen LogP contribution is -2.40. The highest BCUT2D eigenvalue weighted by Crippen LogP contribution is 2.16. The van der Waals surface area contributed by atoms with Crippen LogP contribution in [0.1, 0.15) is 6.42 Å². The monoisotopic (exact) mass is 327 g/mol. The first kappa shape index (κ1) is 17.2. The van der Waals surface area contributed by atoms with Crippen molar-refractivity contribution in [2.45, 2.75) is 6.42 Å². The summed E-state index contributed by atoms with van der Waals surface area (Å²) in [7, 11) is 0. The molecule has 9 nitrogen and oxygen atoms in total. The molecule has 0 aromatic heterocycles. The van der Waals surface area contributed by atoms with Crippen molar-refractivity contribution in [1.29, 1.82) is 0 Å². The van der Waals surface area contributed by atoms with Crippen molar-refractivity contribution in [2.75, 3.05) is 52.5 Å². The van der Waals surface area contributed by atoms with Gasteiger partial charge in [-0.15, -0.1) is 0 Å². The van der Waals surface area contributed by atoms with Crippen LogP contribution in [0.4, 0.5) is 0 Å².